The van der Waals surface area contributed by atoms with Crippen LogP contribution in [0.25, 0.3) is 11.3 Å². The average molecular weight is 451 g/mol. The summed E-state index contributed by atoms with van der Waals surface area (Å²) in [5.41, 5.74) is 6.32. The second kappa shape index (κ2) is 8.96. The zero-order valence-electron chi connectivity index (χ0n) is 15.3. The van der Waals surface area contributed by atoms with Gasteiger partial charge < -0.3 is 4.98 Å². The molecule has 1 N–H and O–H groups in total. The molecule has 4 aromatic rings. The summed E-state index contributed by atoms with van der Waals surface area (Å²) in [6, 6.07) is 18.1. The van der Waals surface area contributed by atoms with Crippen LogP contribution in [-0.2, 0) is 12.8 Å². The lowest BCUT2D eigenvalue weighted by Crippen LogP contribution is -1.93. The van der Waals surface area contributed by atoms with Crippen LogP contribution in [0.1, 0.15) is 33.2 Å². The molecule has 4 nitrogen and oxygen atoms in total. The molecular weight excluding hydrogens is 432 g/mol. The first-order valence-corrected chi connectivity index (χ1v) is 9.61. The molecule has 0 aliphatic carbocycles. The van der Waals surface area contributed by atoms with Gasteiger partial charge in [-0.25, -0.2) is 9.97 Å². The van der Waals surface area contributed by atoms with Crippen LogP contribution in [0.15, 0.2) is 60.1 Å². The Kier molecular flexibility index (Phi) is 6.40. The third kappa shape index (κ3) is 4.56. The SMILES string of the molecule is Br.Cc1ccccc1-c1csc(Cc2cnc(Cc3ccc(C#N)cc3)[nH]2)n1. The highest BCUT2D eigenvalue weighted by Gasteiger charge is 2.09. The Morgan fingerprint density at radius 3 is 2.61 bits per heavy atom. The van der Waals surface area contributed by atoms with Crippen molar-refractivity contribution in [3.63, 3.8) is 0 Å². The van der Waals surface area contributed by atoms with Gasteiger partial charge in [0.05, 0.1) is 22.3 Å². The highest BCUT2D eigenvalue weighted by Crippen LogP contribution is 2.25. The molecule has 2 aromatic heterocycles. The Labute approximate surface area is 178 Å². The maximum atomic E-state index is 8.88. The van der Waals surface area contributed by atoms with E-state index in [1.807, 2.05) is 42.6 Å². The number of halogens is 1. The molecule has 28 heavy (non-hydrogen) atoms. The molecule has 0 atom stereocenters. The standard InChI is InChI=1S/C22H18N4S.BrH/c1-15-4-2-3-5-19(15)20-14-27-22(26-20)11-18-13-24-21(25-18)10-16-6-8-17(12-23)9-7-16;/h2-9,13-14H,10-11H2,1H3,(H,24,25);1H. The lowest BCUT2D eigenvalue weighted by molar-refractivity contribution is 0.995. The highest BCUT2D eigenvalue weighted by molar-refractivity contribution is 8.93. The van der Waals surface area contributed by atoms with Crippen LogP contribution in [0, 0.1) is 18.3 Å². The van der Waals surface area contributed by atoms with Crippen LogP contribution >= 0.6 is 28.3 Å². The zero-order valence-corrected chi connectivity index (χ0v) is 17.9. The van der Waals surface area contributed by atoms with Gasteiger partial charge in [-0.1, -0.05) is 36.4 Å². The van der Waals surface area contributed by atoms with Crippen molar-refractivity contribution in [1.82, 2.24) is 15.0 Å². The van der Waals surface area contributed by atoms with Crippen molar-refractivity contribution in [2.75, 3.05) is 0 Å². The minimum atomic E-state index is 0. The molecule has 0 spiro atoms. The third-order valence-electron chi connectivity index (χ3n) is 4.45. The van der Waals surface area contributed by atoms with E-state index >= 15 is 0 Å². The number of H-pyrrole nitrogens is 1. The molecule has 0 amide bonds. The van der Waals surface area contributed by atoms with Crippen molar-refractivity contribution in [3.05, 3.63) is 93.3 Å². The van der Waals surface area contributed by atoms with Crippen molar-refractivity contribution >= 4 is 28.3 Å². The predicted molar refractivity (Wildman–Crippen MR) is 118 cm³/mol. The molecule has 2 aromatic carbocycles. The summed E-state index contributed by atoms with van der Waals surface area (Å²) < 4.78 is 0. The second-order valence-electron chi connectivity index (χ2n) is 6.46. The Morgan fingerprint density at radius 2 is 1.86 bits per heavy atom. The van der Waals surface area contributed by atoms with Gasteiger partial charge in [-0.15, -0.1) is 28.3 Å². The van der Waals surface area contributed by atoms with Crippen LogP contribution in [0.3, 0.4) is 0 Å². The molecule has 0 bridgehead atoms. The van der Waals surface area contributed by atoms with Crippen molar-refractivity contribution in [1.29, 1.82) is 5.26 Å². The summed E-state index contributed by atoms with van der Waals surface area (Å²) in [6.45, 7) is 2.11. The molecule has 0 fully saturated rings. The number of hydrogen-bond donors (Lipinski definition) is 1. The number of aromatic amines is 1. The monoisotopic (exact) mass is 450 g/mol. The van der Waals surface area contributed by atoms with Crippen molar-refractivity contribution < 1.29 is 0 Å². The highest BCUT2D eigenvalue weighted by atomic mass is 79.9. The van der Waals surface area contributed by atoms with Crippen molar-refractivity contribution in [2.24, 2.45) is 0 Å². The molecule has 0 aliphatic rings. The van der Waals surface area contributed by atoms with Crippen molar-refractivity contribution in [3.8, 4) is 17.3 Å². The molecular formula is C22H19BrN4S. The van der Waals surface area contributed by atoms with Crippen LogP contribution in [0.4, 0.5) is 0 Å². The molecule has 2 heterocycles. The van der Waals surface area contributed by atoms with E-state index in [1.165, 1.54) is 11.1 Å². The first-order valence-electron chi connectivity index (χ1n) is 8.73. The van der Waals surface area contributed by atoms with Crippen LogP contribution in [0.5, 0.6) is 0 Å². The smallest absolute Gasteiger partial charge is 0.110 e. The number of nitrogens with one attached hydrogen (secondary N) is 1. The first-order chi connectivity index (χ1) is 13.2. The molecule has 0 aliphatic heterocycles. The fourth-order valence-electron chi connectivity index (χ4n) is 3.01. The van der Waals surface area contributed by atoms with Crippen LogP contribution < -0.4 is 0 Å². The maximum Gasteiger partial charge on any atom is 0.110 e. The van der Waals surface area contributed by atoms with Crippen LogP contribution in [0.2, 0.25) is 0 Å². The molecule has 0 saturated carbocycles. The Bertz CT molecular complexity index is 1110. The van der Waals surface area contributed by atoms with Gasteiger partial charge in [-0.2, -0.15) is 5.26 Å². The topological polar surface area (TPSA) is 65.4 Å². The normalized spacial score (nSPS) is 10.3. The van der Waals surface area contributed by atoms with E-state index < -0.39 is 0 Å². The number of aryl methyl sites for hydroxylation is 1. The summed E-state index contributed by atoms with van der Waals surface area (Å²) >= 11 is 1.68. The van der Waals surface area contributed by atoms with E-state index in [1.54, 1.807) is 11.3 Å². The maximum absolute atomic E-state index is 8.88. The lowest BCUT2D eigenvalue weighted by Gasteiger charge is -2.00. The molecule has 6 heteroatoms. The third-order valence-corrected chi connectivity index (χ3v) is 5.30. The fraction of sp³-hybridized carbons (Fsp3) is 0.136. The lowest BCUT2D eigenvalue weighted by atomic mass is 10.1. The number of nitrogens with zero attached hydrogens (tertiary/aromatic N) is 3. The second-order valence-corrected chi connectivity index (χ2v) is 7.40. The van der Waals surface area contributed by atoms with Gasteiger partial charge in [0.1, 0.15) is 5.82 Å². The number of rotatable bonds is 5. The minimum absolute atomic E-state index is 0. The number of nitriles is 1. The van der Waals surface area contributed by atoms with Gasteiger partial charge in [0.2, 0.25) is 0 Å². The van der Waals surface area contributed by atoms with Gasteiger partial charge in [0.25, 0.3) is 0 Å². The predicted octanol–water partition coefficient (Wildman–Crippen LogP) is 5.47. The van der Waals surface area contributed by atoms with Gasteiger partial charge in [-0.3, -0.25) is 0 Å². The number of benzene rings is 2. The molecule has 4 rings (SSSR count). The molecule has 0 radical (unpaired) electrons. The van der Waals surface area contributed by atoms with E-state index in [9.17, 15) is 0 Å². The molecule has 0 saturated heterocycles. The van der Waals surface area contributed by atoms with Gasteiger partial charge in [0, 0.05) is 35.7 Å². The summed E-state index contributed by atoms with van der Waals surface area (Å²) in [7, 11) is 0. The summed E-state index contributed by atoms with van der Waals surface area (Å²) in [5.74, 6) is 0.922. The average Bonchev–Trinajstić information content (AvgIpc) is 3.33. The zero-order chi connectivity index (χ0) is 18.6. The quantitative estimate of drug-likeness (QED) is 0.438. The summed E-state index contributed by atoms with van der Waals surface area (Å²) in [5, 5.41) is 12.1. The van der Waals surface area contributed by atoms with Crippen molar-refractivity contribution in [2.45, 2.75) is 19.8 Å². The molecule has 0 unspecified atom stereocenters. The summed E-state index contributed by atoms with van der Waals surface area (Å²) in [4.78, 5) is 12.7. The van der Waals surface area contributed by atoms with Crippen LogP contribution in [-0.4, -0.2) is 15.0 Å². The van der Waals surface area contributed by atoms with E-state index in [4.69, 9.17) is 10.2 Å². The first kappa shape index (κ1) is 20.0. The van der Waals surface area contributed by atoms with Gasteiger partial charge >= 0.3 is 0 Å². The van der Waals surface area contributed by atoms with Gasteiger partial charge in [-0.05, 0) is 30.2 Å². The molecule has 140 valence electrons. The van der Waals surface area contributed by atoms with E-state index in [2.05, 4.69) is 40.5 Å². The summed E-state index contributed by atoms with van der Waals surface area (Å²) in [6.07, 6.45) is 3.35. The van der Waals surface area contributed by atoms with E-state index in [0.29, 0.717) is 5.56 Å². The largest absolute Gasteiger partial charge is 0.345 e. The van der Waals surface area contributed by atoms with E-state index in [-0.39, 0.29) is 17.0 Å². The van der Waals surface area contributed by atoms with Gasteiger partial charge in [0.15, 0.2) is 0 Å². The Morgan fingerprint density at radius 1 is 1.07 bits per heavy atom. The fourth-order valence-corrected chi connectivity index (χ4v) is 3.83. The Hall–Kier alpha value is -2.75. The number of thiazole rings is 1. The van der Waals surface area contributed by atoms with E-state index in [0.717, 1.165) is 40.6 Å². The number of aromatic nitrogens is 3. The number of hydrogen-bond acceptors (Lipinski definition) is 4. The Balaban J connectivity index is 0.00000225. The minimum Gasteiger partial charge on any atom is -0.345 e. The number of imidazole rings is 1.